The highest BCUT2D eigenvalue weighted by atomic mass is 32.1. The molecule has 2 aliphatic rings. The standard InChI is InChI=1S/C24H33F3N4O2S2/c1-15-13-31(10-8-20-22(15)30-23(35-20)33-14-24(25,26)27)9-7-17-3-5-18(6-4-17)29-21(32)11-19-12-28-16(2)34-19/h12,15,17-18H,3-11,13-14H2,1-2H3,(H,29,32). The molecule has 6 nitrogen and oxygen atoms in total. The number of alkyl halides is 3. The number of carbonyl (C=O) groups excluding carboxylic acids is 1. The Morgan fingerprint density at radius 2 is 2.03 bits per heavy atom. The van der Waals surface area contributed by atoms with Crippen LogP contribution >= 0.6 is 22.7 Å². The Kier molecular flexibility index (Phi) is 8.70. The molecule has 0 aromatic carbocycles. The van der Waals surface area contributed by atoms with Gasteiger partial charge in [-0.05, 0) is 57.9 Å². The van der Waals surface area contributed by atoms with Gasteiger partial charge in [-0.15, -0.1) is 11.3 Å². The fourth-order valence-corrected chi connectivity index (χ4v) is 6.83. The molecule has 1 aliphatic heterocycles. The number of thiazole rings is 2. The van der Waals surface area contributed by atoms with Crippen LogP contribution in [0.3, 0.4) is 0 Å². The number of fused-ring (bicyclic) bond motifs is 1. The second kappa shape index (κ2) is 11.6. The average molecular weight is 531 g/mol. The maximum atomic E-state index is 12.4. The lowest BCUT2D eigenvalue weighted by atomic mass is 9.84. The minimum absolute atomic E-state index is 0.0868. The molecule has 4 rings (SSSR count). The van der Waals surface area contributed by atoms with E-state index in [2.05, 4.69) is 27.1 Å². The van der Waals surface area contributed by atoms with Gasteiger partial charge in [0.05, 0.1) is 17.1 Å². The monoisotopic (exact) mass is 530 g/mol. The number of hydrogen-bond donors (Lipinski definition) is 1. The Bertz CT molecular complexity index is 986. The van der Waals surface area contributed by atoms with E-state index in [1.165, 1.54) is 11.3 Å². The molecule has 1 aliphatic carbocycles. The molecular weight excluding hydrogens is 497 g/mol. The SMILES string of the molecule is Cc1ncc(CC(=O)NC2CCC(CCN3CCc4sc(OCC(F)(F)F)nc4C(C)C3)CC2)s1. The lowest BCUT2D eigenvalue weighted by Gasteiger charge is -2.31. The van der Waals surface area contributed by atoms with E-state index in [1.54, 1.807) is 17.5 Å². The molecule has 0 saturated heterocycles. The molecule has 2 aromatic rings. The van der Waals surface area contributed by atoms with Crippen molar-refractivity contribution in [2.24, 2.45) is 5.92 Å². The van der Waals surface area contributed by atoms with Crippen LogP contribution in [0.2, 0.25) is 0 Å². The van der Waals surface area contributed by atoms with Crippen molar-refractivity contribution in [3.63, 3.8) is 0 Å². The summed E-state index contributed by atoms with van der Waals surface area (Å²) in [6.45, 7) is 5.51. The van der Waals surface area contributed by atoms with E-state index in [0.29, 0.717) is 12.3 Å². The van der Waals surface area contributed by atoms with Crippen LogP contribution in [0.15, 0.2) is 6.20 Å². The number of nitrogens with zero attached hydrogens (tertiary/aromatic N) is 3. The normalized spacial score (nSPS) is 23.5. The molecule has 1 fully saturated rings. The highest BCUT2D eigenvalue weighted by Gasteiger charge is 2.31. The van der Waals surface area contributed by atoms with Gasteiger partial charge in [-0.3, -0.25) is 4.79 Å². The van der Waals surface area contributed by atoms with Crippen LogP contribution in [-0.4, -0.2) is 59.2 Å². The van der Waals surface area contributed by atoms with Gasteiger partial charge in [0.1, 0.15) is 0 Å². The van der Waals surface area contributed by atoms with Crippen LogP contribution in [0.4, 0.5) is 13.2 Å². The van der Waals surface area contributed by atoms with E-state index in [4.69, 9.17) is 4.74 Å². The van der Waals surface area contributed by atoms with Gasteiger partial charge in [-0.1, -0.05) is 18.3 Å². The topological polar surface area (TPSA) is 67.4 Å². The van der Waals surface area contributed by atoms with Gasteiger partial charge < -0.3 is 15.0 Å². The van der Waals surface area contributed by atoms with Gasteiger partial charge in [-0.25, -0.2) is 9.97 Å². The molecular formula is C24H33F3N4O2S2. The number of rotatable bonds is 8. The molecule has 0 radical (unpaired) electrons. The Morgan fingerprint density at radius 3 is 2.71 bits per heavy atom. The molecule has 0 spiro atoms. The third-order valence-corrected chi connectivity index (χ3v) is 8.75. The van der Waals surface area contributed by atoms with Crippen molar-refractivity contribution in [3.8, 4) is 5.19 Å². The summed E-state index contributed by atoms with van der Waals surface area (Å²) in [4.78, 5) is 25.4. The Hall–Kier alpha value is -1.72. The lowest BCUT2D eigenvalue weighted by Crippen LogP contribution is -2.39. The van der Waals surface area contributed by atoms with Crippen LogP contribution < -0.4 is 10.1 Å². The summed E-state index contributed by atoms with van der Waals surface area (Å²) >= 11 is 2.82. The summed E-state index contributed by atoms with van der Waals surface area (Å²) in [5.41, 5.74) is 0.888. The van der Waals surface area contributed by atoms with Crippen molar-refractivity contribution in [1.82, 2.24) is 20.2 Å². The molecule has 1 N–H and O–H groups in total. The quantitative estimate of drug-likeness (QED) is 0.513. The molecule has 35 heavy (non-hydrogen) atoms. The van der Waals surface area contributed by atoms with Crippen molar-refractivity contribution in [3.05, 3.63) is 26.7 Å². The van der Waals surface area contributed by atoms with Crippen molar-refractivity contribution in [1.29, 1.82) is 0 Å². The highest BCUT2D eigenvalue weighted by molar-refractivity contribution is 7.13. The van der Waals surface area contributed by atoms with E-state index < -0.39 is 12.8 Å². The molecule has 1 saturated carbocycles. The zero-order valence-electron chi connectivity index (χ0n) is 20.2. The Balaban J connectivity index is 1.16. The van der Waals surface area contributed by atoms with Crippen molar-refractivity contribution >= 4 is 28.6 Å². The maximum absolute atomic E-state index is 12.4. The van der Waals surface area contributed by atoms with Crippen LogP contribution in [0.5, 0.6) is 5.19 Å². The Morgan fingerprint density at radius 1 is 1.26 bits per heavy atom. The van der Waals surface area contributed by atoms with Crippen molar-refractivity contribution in [2.45, 2.75) is 76.9 Å². The predicted octanol–water partition coefficient (Wildman–Crippen LogP) is 5.12. The number of hydrogen-bond acceptors (Lipinski definition) is 7. The zero-order valence-corrected chi connectivity index (χ0v) is 21.8. The third kappa shape index (κ3) is 7.88. The molecule has 1 unspecified atom stereocenters. The van der Waals surface area contributed by atoms with Gasteiger partial charge >= 0.3 is 6.18 Å². The number of ether oxygens (including phenoxy) is 1. The second-order valence-electron chi connectivity index (χ2n) is 9.74. The minimum Gasteiger partial charge on any atom is -0.460 e. The number of aryl methyl sites for hydroxylation is 1. The summed E-state index contributed by atoms with van der Waals surface area (Å²) in [5, 5.41) is 4.31. The fourth-order valence-electron chi connectivity index (χ4n) is 5.02. The summed E-state index contributed by atoms with van der Waals surface area (Å²) in [5.74, 6) is 0.921. The van der Waals surface area contributed by atoms with E-state index >= 15 is 0 Å². The first-order chi connectivity index (χ1) is 16.6. The Labute approximate surface area is 212 Å². The van der Waals surface area contributed by atoms with E-state index in [-0.39, 0.29) is 23.1 Å². The first-order valence-corrected chi connectivity index (χ1v) is 13.9. The van der Waals surface area contributed by atoms with Crippen molar-refractivity contribution in [2.75, 3.05) is 26.2 Å². The summed E-state index contributed by atoms with van der Waals surface area (Å²) in [6, 6.07) is 0.266. The van der Waals surface area contributed by atoms with Crippen LogP contribution in [0.25, 0.3) is 0 Å². The molecule has 1 atom stereocenters. The first kappa shape index (κ1) is 26.3. The average Bonchev–Trinajstić information content (AvgIpc) is 3.36. The van der Waals surface area contributed by atoms with Crippen LogP contribution in [0.1, 0.15) is 65.4 Å². The molecule has 3 heterocycles. The van der Waals surface area contributed by atoms with Gasteiger partial charge in [0.15, 0.2) is 6.61 Å². The van der Waals surface area contributed by atoms with Crippen LogP contribution in [0, 0.1) is 12.8 Å². The van der Waals surface area contributed by atoms with E-state index in [9.17, 15) is 18.0 Å². The van der Waals surface area contributed by atoms with Gasteiger partial charge in [0.25, 0.3) is 5.19 Å². The third-order valence-electron chi connectivity index (χ3n) is 6.79. The number of amides is 1. The zero-order chi connectivity index (χ0) is 25.0. The largest absolute Gasteiger partial charge is 0.460 e. The smallest absolute Gasteiger partial charge is 0.422 e. The number of nitrogens with one attached hydrogen (secondary N) is 1. The second-order valence-corrected chi connectivity index (χ2v) is 12.1. The minimum atomic E-state index is -4.35. The lowest BCUT2D eigenvalue weighted by molar-refractivity contribution is -0.153. The van der Waals surface area contributed by atoms with Gasteiger partial charge in [0, 0.05) is 41.0 Å². The van der Waals surface area contributed by atoms with Gasteiger partial charge in [0.2, 0.25) is 5.91 Å². The summed E-state index contributed by atoms with van der Waals surface area (Å²) < 4.78 is 42.2. The van der Waals surface area contributed by atoms with Crippen LogP contribution in [-0.2, 0) is 17.6 Å². The summed E-state index contributed by atoms with van der Waals surface area (Å²) in [6.07, 6.45) is 4.08. The highest BCUT2D eigenvalue weighted by Crippen LogP contribution is 2.34. The molecule has 1 amide bonds. The number of halogens is 3. The molecule has 2 aromatic heterocycles. The summed E-state index contributed by atoms with van der Waals surface area (Å²) in [7, 11) is 0. The first-order valence-electron chi connectivity index (χ1n) is 12.3. The van der Waals surface area contributed by atoms with Gasteiger partial charge in [-0.2, -0.15) is 13.2 Å². The molecule has 194 valence electrons. The van der Waals surface area contributed by atoms with E-state index in [0.717, 1.165) is 78.6 Å². The molecule has 0 bridgehead atoms. The maximum Gasteiger partial charge on any atom is 0.422 e. The fraction of sp³-hybridized carbons (Fsp3) is 0.708. The molecule has 11 heteroatoms. The predicted molar refractivity (Wildman–Crippen MR) is 131 cm³/mol. The van der Waals surface area contributed by atoms with Crippen molar-refractivity contribution < 1.29 is 22.7 Å². The van der Waals surface area contributed by atoms with E-state index in [1.807, 2.05) is 6.92 Å². The number of aromatic nitrogens is 2. The number of carbonyl (C=O) groups is 1.